The molecule has 2 saturated carbocycles. The van der Waals surface area contributed by atoms with Crippen LogP contribution in [0.5, 0.6) is 0 Å². The van der Waals surface area contributed by atoms with Crippen molar-refractivity contribution in [2.24, 2.45) is 23.7 Å². The molecule has 0 radical (unpaired) electrons. The van der Waals surface area contributed by atoms with E-state index in [9.17, 15) is 0 Å². The topological polar surface area (TPSA) is 0 Å². The molecule has 3 aliphatic carbocycles. The van der Waals surface area contributed by atoms with Crippen molar-refractivity contribution in [2.45, 2.75) is 12.8 Å². The summed E-state index contributed by atoms with van der Waals surface area (Å²) >= 11 is 0. The summed E-state index contributed by atoms with van der Waals surface area (Å²) in [4.78, 5) is 0. The maximum atomic E-state index is 2.54. The molecule has 0 heterocycles. The zero-order chi connectivity index (χ0) is 23.9. The second-order valence-electron chi connectivity index (χ2n) is 10.4. The van der Waals surface area contributed by atoms with Gasteiger partial charge in [-0.2, -0.15) is 0 Å². The van der Waals surface area contributed by atoms with Gasteiger partial charge in [0.2, 0.25) is 0 Å². The van der Waals surface area contributed by atoms with Crippen LogP contribution >= 0.6 is 0 Å². The van der Waals surface area contributed by atoms with Crippen LogP contribution in [-0.4, -0.2) is 0 Å². The van der Waals surface area contributed by atoms with Gasteiger partial charge >= 0.3 is 0 Å². The summed E-state index contributed by atoms with van der Waals surface area (Å²) in [6, 6.07) is 44.2. The lowest BCUT2D eigenvalue weighted by Crippen LogP contribution is -2.19. The summed E-state index contributed by atoms with van der Waals surface area (Å²) in [5.74, 6) is 2.36. The minimum Gasteiger partial charge on any atom is -0.0799 e. The third-order valence-electron chi connectivity index (χ3n) is 8.58. The molecule has 0 aromatic heterocycles. The number of rotatable bonds is 4. The lowest BCUT2D eigenvalue weighted by Gasteiger charge is -2.27. The monoisotopic (exact) mass is 462 g/mol. The highest BCUT2D eigenvalue weighted by atomic mass is 14.6. The standard InChI is InChI=1S/C36H30/c1-5-13-25(14-6-1)33(26-15-7-2-8-16-26)31-23-21-29-30-22-24-32(35(29)31)36(30)34(27-17-9-3-10-18-27)28-19-11-4-12-20-28/h1-21,23,29-30,32,35H,22,24H2/t29-,30-,32-,35-/m1/s1. The van der Waals surface area contributed by atoms with E-state index < -0.39 is 0 Å². The Hall–Kier alpha value is -3.90. The summed E-state index contributed by atoms with van der Waals surface area (Å²) in [7, 11) is 0. The van der Waals surface area contributed by atoms with Crippen LogP contribution in [0.1, 0.15) is 35.1 Å². The second kappa shape index (κ2) is 8.95. The fraction of sp³-hybridized carbons (Fsp3) is 0.167. The van der Waals surface area contributed by atoms with Gasteiger partial charge in [-0.15, -0.1) is 0 Å². The molecule has 2 bridgehead atoms. The maximum absolute atomic E-state index is 2.54. The molecule has 4 aromatic carbocycles. The fourth-order valence-electron chi connectivity index (χ4n) is 7.28. The smallest absolute Gasteiger partial charge is 0.00208 e. The van der Waals surface area contributed by atoms with E-state index in [0.717, 1.165) is 0 Å². The SMILES string of the molecule is C1=C[C@H]2[C@H](C1=C(c1ccccc1)c1ccccc1)[C@H]1CC[C@H]2C1=C(c1ccccc1)c1ccccc1. The highest BCUT2D eigenvalue weighted by Gasteiger charge is 2.54. The molecular formula is C36H30. The fourth-order valence-corrected chi connectivity index (χ4v) is 7.28. The Bertz CT molecular complexity index is 1370. The van der Waals surface area contributed by atoms with E-state index in [1.807, 2.05) is 0 Å². The van der Waals surface area contributed by atoms with Crippen LogP contribution in [0.4, 0.5) is 0 Å². The normalized spacial score (nSPS) is 23.7. The summed E-state index contributed by atoms with van der Waals surface area (Å²) < 4.78 is 0. The van der Waals surface area contributed by atoms with Gasteiger partial charge in [0.15, 0.2) is 0 Å². The molecule has 0 spiro atoms. The summed E-state index contributed by atoms with van der Waals surface area (Å²) in [5.41, 5.74) is 11.5. The van der Waals surface area contributed by atoms with Gasteiger partial charge in [-0.1, -0.05) is 139 Å². The number of fused-ring (bicyclic) bond motifs is 5. The summed E-state index contributed by atoms with van der Waals surface area (Å²) in [6.45, 7) is 0. The van der Waals surface area contributed by atoms with Crippen molar-refractivity contribution in [2.75, 3.05) is 0 Å². The first kappa shape index (κ1) is 21.4. The van der Waals surface area contributed by atoms with Crippen LogP contribution in [0.15, 0.2) is 145 Å². The molecule has 0 N–H and O–H groups in total. The Kier molecular flexibility index (Phi) is 5.32. The first-order chi connectivity index (χ1) is 17.9. The first-order valence-corrected chi connectivity index (χ1v) is 13.3. The van der Waals surface area contributed by atoms with Crippen molar-refractivity contribution in [3.05, 3.63) is 167 Å². The van der Waals surface area contributed by atoms with Crippen molar-refractivity contribution < 1.29 is 0 Å². The lowest BCUT2D eigenvalue weighted by molar-refractivity contribution is 0.322. The van der Waals surface area contributed by atoms with Crippen molar-refractivity contribution in [3.8, 4) is 0 Å². The summed E-state index contributed by atoms with van der Waals surface area (Å²) in [5, 5.41) is 0. The van der Waals surface area contributed by atoms with Crippen LogP contribution in [0.3, 0.4) is 0 Å². The Morgan fingerprint density at radius 2 is 0.889 bits per heavy atom. The number of hydrogen-bond donors (Lipinski definition) is 0. The molecule has 4 atom stereocenters. The average Bonchev–Trinajstić information content (AvgIpc) is 3.64. The Morgan fingerprint density at radius 3 is 1.36 bits per heavy atom. The van der Waals surface area contributed by atoms with E-state index in [2.05, 4.69) is 133 Å². The molecule has 0 amide bonds. The molecule has 0 unspecified atom stereocenters. The lowest BCUT2D eigenvalue weighted by atomic mass is 9.76. The zero-order valence-electron chi connectivity index (χ0n) is 20.4. The molecule has 0 saturated heterocycles. The van der Waals surface area contributed by atoms with Crippen molar-refractivity contribution in [1.29, 1.82) is 0 Å². The van der Waals surface area contributed by atoms with E-state index in [0.29, 0.717) is 23.7 Å². The van der Waals surface area contributed by atoms with Crippen LogP contribution in [0, 0.1) is 23.7 Å². The molecule has 3 aliphatic rings. The minimum atomic E-state index is 0.552. The largest absolute Gasteiger partial charge is 0.0799 e. The molecule has 174 valence electrons. The molecule has 0 heteroatoms. The van der Waals surface area contributed by atoms with Crippen molar-refractivity contribution in [1.82, 2.24) is 0 Å². The Labute approximate surface area is 214 Å². The quantitative estimate of drug-likeness (QED) is 0.284. The van der Waals surface area contributed by atoms with Gasteiger partial charge in [0.1, 0.15) is 0 Å². The van der Waals surface area contributed by atoms with E-state index in [-0.39, 0.29) is 0 Å². The summed E-state index contributed by atoms with van der Waals surface area (Å²) in [6.07, 6.45) is 7.60. The van der Waals surface area contributed by atoms with E-state index in [1.54, 1.807) is 5.57 Å². The van der Waals surface area contributed by atoms with Gasteiger partial charge in [-0.25, -0.2) is 0 Å². The zero-order valence-corrected chi connectivity index (χ0v) is 20.4. The van der Waals surface area contributed by atoms with Crippen molar-refractivity contribution >= 4 is 11.1 Å². The van der Waals surface area contributed by atoms with Crippen LogP contribution < -0.4 is 0 Å². The van der Waals surface area contributed by atoms with E-state index >= 15 is 0 Å². The van der Waals surface area contributed by atoms with Gasteiger partial charge < -0.3 is 0 Å². The first-order valence-electron chi connectivity index (χ1n) is 13.3. The molecule has 0 nitrogen and oxygen atoms in total. The van der Waals surface area contributed by atoms with E-state index in [1.165, 1.54) is 51.8 Å². The number of allylic oxidation sites excluding steroid dienone is 4. The molecule has 4 aromatic rings. The van der Waals surface area contributed by atoms with Gasteiger partial charge in [0, 0.05) is 0 Å². The third-order valence-corrected chi connectivity index (χ3v) is 8.58. The van der Waals surface area contributed by atoms with Gasteiger partial charge in [0.05, 0.1) is 0 Å². The molecular weight excluding hydrogens is 432 g/mol. The van der Waals surface area contributed by atoms with Gasteiger partial charge in [-0.05, 0) is 75.5 Å². The van der Waals surface area contributed by atoms with Gasteiger partial charge in [-0.3, -0.25) is 0 Å². The minimum absolute atomic E-state index is 0.552. The van der Waals surface area contributed by atoms with E-state index in [4.69, 9.17) is 0 Å². The Balaban J connectivity index is 1.44. The molecule has 36 heavy (non-hydrogen) atoms. The van der Waals surface area contributed by atoms with Crippen LogP contribution in [0.2, 0.25) is 0 Å². The Morgan fingerprint density at radius 1 is 0.472 bits per heavy atom. The highest BCUT2D eigenvalue weighted by molar-refractivity contribution is 5.87. The van der Waals surface area contributed by atoms with Crippen LogP contribution in [0.25, 0.3) is 11.1 Å². The van der Waals surface area contributed by atoms with Crippen LogP contribution in [-0.2, 0) is 0 Å². The number of benzene rings is 4. The highest BCUT2D eigenvalue weighted by Crippen LogP contribution is 2.64. The molecule has 2 fully saturated rings. The molecule has 7 rings (SSSR count). The average molecular weight is 463 g/mol. The molecule has 0 aliphatic heterocycles. The van der Waals surface area contributed by atoms with Crippen molar-refractivity contribution in [3.63, 3.8) is 0 Å². The maximum Gasteiger partial charge on any atom is -0.00208 e. The predicted octanol–water partition coefficient (Wildman–Crippen LogP) is 8.83. The second-order valence-corrected chi connectivity index (χ2v) is 10.4. The van der Waals surface area contributed by atoms with Gasteiger partial charge in [0.25, 0.3) is 0 Å². The third kappa shape index (κ3) is 3.44. The number of hydrogen-bond acceptors (Lipinski definition) is 0. The predicted molar refractivity (Wildman–Crippen MR) is 150 cm³/mol.